The molecule has 0 radical (unpaired) electrons. The molecule has 3 aromatic rings. The van der Waals surface area contributed by atoms with Crippen LogP contribution in [0.1, 0.15) is 22.3 Å². The van der Waals surface area contributed by atoms with E-state index in [-0.39, 0.29) is 24.4 Å². The fourth-order valence-electron chi connectivity index (χ4n) is 2.37. The summed E-state index contributed by atoms with van der Waals surface area (Å²) in [6.07, 6.45) is 4.51. The van der Waals surface area contributed by atoms with Gasteiger partial charge in [-0.1, -0.05) is 29.8 Å². The first-order valence-electron chi connectivity index (χ1n) is 7.94. The number of nitrogens with zero attached hydrogens (tertiary/aromatic N) is 4. The maximum absolute atomic E-state index is 12.1. The quantitative estimate of drug-likeness (QED) is 0.573. The third-order valence-electron chi connectivity index (χ3n) is 3.71. The lowest BCUT2D eigenvalue weighted by atomic mass is 10.2. The molecular formula is C17H15BrClN5O3. The molecule has 1 amide bonds. The molecule has 0 spiro atoms. The van der Waals surface area contributed by atoms with Gasteiger partial charge in [0.2, 0.25) is 5.91 Å². The molecule has 140 valence electrons. The Morgan fingerprint density at radius 2 is 2.00 bits per heavy atom. The lowest BCUT2D eigenvalue weighted by Gasteiger charge is -2.05. The third-order valence-corrected chi connectivity index (χ3v) is 4.66. The summed E-state index contributed by atoms with van der Waals surface area (Å²) in [6, 6.07) is 7.47. The van der Waals surface area contributed by atoms with E-state index in [1.165, 1.54) is 17.1 Å². The van der Waals surface area contributed by atoms with E-state index in [1.807, 2.05) is 24.3 Å². The van der Waals surface area contributed by atoms with Gasteiger partial charge >= 0.3 is 5.97 Å². The fourth-order valence-corrected chi connectivity index (χ4v) is 2.98. The van der Waals surface area contributed by atoms with Gasteiger partial charge in [-0.15, -0.1) is 0 Å². The van der Waals surface area contributed by atoms with Crippen LogP contribution in [0.25, 0.3) is 0 Å². The third kappa shape index (κ3) is 4.95. The van der Waals surface area contributed by atoms with E-state index in [2.05, 4.69) is 31.4 Å². The molecule has 0 saturated heterocycles. The maximum atomic E-state index is 12.1. The Kier molecular flexibility index (Phi) is 5.92. The van der Waals surface area contributed by atoms with Crippen molar-refractivity contribution in [1.82, 2.24) is 19.6 Å². The summed E-state index contributed by atoms with van der Waals surface area (Å²) in [7, 11) is 0. The summed E-state index contributed by atoms with van der Waals surface area (Å²) in [5.74, 6) is -0.913. The minimum atomic E-state index is -1.06. The number of carbonyl (C=O) groups excluding carboxylic acids is 1. The molecule has 2 N–H and O–H groups in total. The number of hydrogen-bond acceptors (Lipinski definition) is 4. The molecule has 0 aliphatic carbocycles. The van der Waals surface area contributed by atoms with Crippen LogP contribution in [-0.4, -0.2) is 36.5 Å². The van der Waals surface area contributed by atoms with Crippen molar-refractivity contribution in [3.63, 3.8) is 0 Å². The van der Waals surface area contributed by atoms with Gasteiger partial charge in [-0.2, -0.15) is 10.2 Å². The van der Waals surface area contributed by atoms with Crippen molar-refractivity contribution in [2.45, 2.75) is 19.5 Å². The Bertz CT molecular complexity index is 985. The minimum Gasteiger partial charge on any atom is -0.478 e. The van der Waals surface area contributed by atoms with Crippen LogP contribution in [0.3, 0.4) is 0 Å². The van der Waals surface area contributed by atoms with Crippen LogP contribution in [0.15, 0.2) is 47.3 Å². The summed E-state index contributed by atoms with van der Waals surface area (Å²) in [4.78, 5) is 23.0. The number of aryl methyl sites for hydroxylation is 1. The first-order valence-corrected chi connectivity index (χ1v) is 9.11. The van der Waals surface area contributed by atoms with Crippen LogP contribution >= 0.6 is 27.5 Å². The standard InChI is InChI=1S/C17H15BrClN5O3/c18-13-10-24(8-11-3-1-2-4-14(11)19)22-16(13)21-15(25)5-6-23-9-12(7-20-23)17(26)27/h1-4,7,9-10H,5-6,8H2,(H,26,27)(H,21,22,25). The van der Waals surface area contributed by atoms with Crippen molar-refractivity contribution in [3.8, 4) is 0 Å². The van der Waals surface area contributed by atoms with Crippen molar-refractivity contribution in [1.29, 1.82) is 0 Å². The SMILES string of the molecule is O=C(CCn1cc(C(=O)O)cn1)Nc1nn(Cc2ccccc2Cl)cc1Br. The Morgan fingerprint density at radius 3 is 2.70 bits per heavy atom. The number of nitrogens with one attached hydrogen (secondary N) is 1. The molecule has 1 aromatic carbocycles. The van der Waals surface area contributed by atoms with E-state index in [9.17, 15) is 9.59 Å². The van der Waals surface area contributed by atoms with Gasteiger partial charge in [0, 0.05) is 30.4 Å². The van der Waals surface area contributed by atoms with Crippen molar-refractivity contribution >= 4 is 45.2 Å². The number of carbonyl (C=O) groups is 2. The van der Waals surface area contributed by atoms with Crippen molar-refractivity contribution in [2.24, 2.45) is 0 Å². The molecule has 0 bridgehead atoms. The van der Waals surface area contributed by atoms with E-state index in [1.54, 1.807) is 10.9 Å². The molecule has 0 aliphatic heterocycles. The smallest absolute Gasteiger partial charge is 0.338 e. The van der Waals surface area contributed by atoms with Crippen LogP contribution in [0, 0.1) is 0 Å². The molecule has 0 aliphatic rings. The van der Waals surface area contributed by atoms with Crippen molar-refractivity contribution in [3.05, 3.63) is 63.5 Å². The van der Waals surface area contributed by atoms with Gasteiger partial charge in [-0.3, -0.25) is 14.2 Å². The normalized spacial score (nSPS) is 10.7. The number of aromatic nitrogens is 4. The molecular weight excluding hydrogens is 438 g/mol. The zero-order valence-electron chi connectivity index (χ0n) is 14.0. The number of halogens is 2. The molecule has 2 heterocycles. The van der Waals surface area contributed by atoms with Gasteiger partial charge < -0.3 is 10.4 Å². The van der Waals surface area contributed by atoms with Crippen LogP contribution in [-0.2, 0) is 17.9 Å². The van der Waals surface area contributed by atoms with Gasteiger partial charge in [0.25, 0.3) is 0 Å². The van der Waals surface area contributed by atoms with Crippen LogP contribution < -0.4 is 5.32 Å². The molecule has 0 unspecified atom stereocenters. The summed E-state index contributed by atoms with van der Waals surface area (Å²) < 4.78 is 3.73. The number of carboxylic acid groups (broad SMARTS) is 1. The van der Waals surface area contributed by atoms with Crippen LogP contribution in [0.2, 0.25) is 5.02 Å². The lowest BCUT2D eigenvalue weighted by Crippen LogP contribution is -2.15. The molecule has 2 aromatic heterocycles. The average Bonchev–Trinajstić information content (AvgIpc) is 3.22. The minimum absolute atomic E-state index is 0.0801. The Labute approximate surface area is 167 Å². The van der Waals surface area contributed by atoms with Crippen LogP contribution in [0.4, 0.5) is 5.82 Å². The van der Waals surface area contributed by atoms with E-state index < -0.39 is 5.97 Å². The molecule has 27 heavy (non-hydrogen) atoms. The van der Waals surface area contributed by atoms with Gasteiger partial charge in [0.05, 0.1) is 22.8 Å². The zero-order valence-corrected chi connectivity index (χ0v) is 16.3. The molecule has 0 fully saturated rings. The van der Waals surface area contributed by atoms with Crippen LogP contribution in [0.5, 0.6) is 0 Å². The molecule has 8 nitrogen and oxygen atoms in total. The second-order valence-corrected chi connectivity index (χ2v) is 6.97. The highest BCUT2D eigenvalue weighted by Crippen LogP contribution is 2.22. The van der Waals surface area contributed by atoms with E-state index in [0.29, 0.717) is 21.9 Å². The summed E-state index contributed by atoms with van der Waals surface area (Å²) in [5.41, 5.74) is 0.997. The van der Waals surface area contributed by atoms with E-state index in [4.69, 9.17) is 16.7 Å². The predicted molar refractivity (Wildman–Crippen MR) is 103 cm³/mol. The molecule has 0 atom stereocenters. The lowest BCUT2D eigenvalue weighted by molar-refractivity contribution is -0.116. The summed E-state index contributed by atoms with van der Waals surface area (Å²) in [6.45, 7) is 0.733. The largest absolute Gasteiger partial charge is 0.478 e. The molecule has 3 rings (SSSR count). The second kappa shape index (κ2) is 8.36. The number of benzene rings is 1. The first kappa shape index (κ1) is 19.1. The number of rotatable bonds is 7. The number of carboxylic acids is 1. The predicted octanol–water partition coefficient (Wildman–Crippen LogP) is 3.27. The zero-order chi connectivity index (χ0) is 19.4. The monoisotopic (exact) mass is 451 g/mol. The van der Waals surface area contributed by atoms with Crippen molar-refractivity contribution < 1.29 is 14.7 Å². The van der Waals surface area contributed by atoms with Gasteiger partial charge in [0.15, 0.2) is 5.82 Å². The molecule has 0 saturated carbocycles. The average molecular weight is 453 g/mol. The maximum Gasteiger partial charge on any atom is 0.338 e. The Balaban J connectivity index is 1.58. The van der Waals surface area contributed by atoms with Gasteiger partial charge in [-0.05, 0) is 27.6 Å². The van der Waals surface area contributed by atoms with Gasteiger partial charge in [0.1, 0.15) is 0 Å². The summed E-state index contributed by atoms with van der Waals surface area (Å²) >= 11 is 9.54. The highest BCUT2D eigenvalue weighted by atomic mass is 79.9. The topological polar surface area (TPSA) is 102 Å². The van der Waals surface area contributed by atoms with Crippen molar-refractivity contribution in [2.75, 3.05) is 5.32 Å². The molecule has 10 heteroatoms. The Hall–Kier alpha value is -2.65. The fraction of sp³-hybridized carbons (Fsp3) is 0.176. The second-order valence-electron chi connectivity index (χ2n) is 5.71. The highest BCUT2D eigenvalue weighted by molar-refractivity contribution is 9.10. The van der Waals surface area contributed by atoms with E-state index >= 15 is 0 Å². The highest BCUT2D eigenvalue weighted by Gasteiger charge is 2.12. The van der Waals surface area contributed by atoms with Gasteiger partial charge in [-0.25, -0.2) is 4.79 Å². The Morgan fingerprint density at radius 1 is 1.22 bits per heavy atom. The first-order chi connectivity index (χ1) is 12.9. The number of hydrogen-bond donors (Lipinski definition) is 2. The number of amides is 1. The summed E-state index contributed by atoms with van der Waals surface area (Å²) in [5, 5.41) is 20.5. The number of anilines is 1. The van der Waals surface area contributed by atoms with E-state index in [0.717, 1.165) is 5.56 Å². The number of aromatic carboxylic acids is 1.